The average molecular weight is 263 g/mol. The molecule has 1 N–H and O–H groups in total. The van der Waals surface area contributed by atoms with E-state index in [2.05, 4.69) is 21.2 Å². The molecule has 0 aromatic heterocycles. The molecule has 2 amide bonds. The van der Waals surface area contributed by atoms with Crippen molar-refractivity contribution in [1.82, 2.24) is 10.2 Å². The van der Waals surface area contributed by atoms with E-state index in [1.807, 2.05) is 13.8 Å². The van der Waals surface area contributed by atoms with Crippen molar-refractivity contribution in [1.29, 1.82) is 0 Å². The summed E-state index contributed by atoms with van der Waals surface area (Å²) >= 11 is 3.34. The molecule has 1 saturated heterocycles. The van der Waals surface area contributed by atoms with Crippen LogP contribution >= 0.6 is 15.9 Å². The van der Waals surface area contributed by atoms with Crippen LogP contribution in [0.25, 0.3) is 0 Å². The van der Waals surface area contributed by atoms with Gasteiger partial charge in [0.15, 0.2) is 0 Å². The van der Waals surface area contributed by atoms with Crippen molar-refractivity contribution >= 4 is 27.7 Å². The van der Waals surface area contributed by atoms with Crippen molar-refractivity contribution in [3.8, 4) is 0 Å². The summed E-state index contributed by atoms with van der Waals surface area (Å²) in [6.45, 7) is 5.30. The Hall–Kier alpha value is -0.580. The lowest BCUT2D eigenvalue weighted by Gasteiger charge is -2.29. The number of alkyl halides is 1. The fraction of sp³-hybridized carbons (Fsp3) is 0.778. The van der Waals surface area contributed by atoms with Gasteiger partial charge in [-0.1, -0.05) is 29.8 Å². The highest BCUT2D eigenvalue weighted by Gasteiger charge is 2.27. The molecule has 1 aliphatic heterocycles. The van der Waals surface area contributed by atoms with Crippen LogP contribution in [0, 0.1) is 5.92 Å². The van der Waals surface area contributed by atoms with E-state index in [9.17, 15) is 9.59 Å². The van der Waals surface area contributed by atoms with Gasteiger partial charge in [-0.05, 0) is 5.92 Å². The number of amides is 2. The second-order valence-electron chi connectivity index (χ2n) is 3.76. The van der Waals surface area contributed by atoms with Crippen molar-refractivity contribution in [2.24, 2.45) is 5.92 Å². The number of rotatable bonds is 2. The van der Waals surface area contributed by atoms with Gasteiger partial charge in [0.1, 0.15) is 0 Å². The second kappa shape index (κ2) is 4.77. The molecular formula is C9H15BrN2O2. The Bertz CT molecular complexity index is 243. The van der Waals surface area contributed by atoms with E-state index >= 15 is 0 Å². The third kappa shape index (κ3) is 2.70. The molecule has 80 valence electrons. The zero-order chi connectivity index (χ0) is 10.7. The zero-order valence-corrected chi connectivity index (χ0v) is 10.0. The van der Waals surface area contributed by atoms with Gasteiger partial charge in [-0.3, -0.25) is 9.59 Å². The summed E-state index contributed by atoms with van der Waals surface area (Å²) in [4.78, 5) is 24.2. The van der Waals surface area contributed by atoms with Crippen LogP contribution in [0.4, 0.5) is 0 Å². The van der Waals surface area contributed by atoms with Crippen LogP contribution in [0.2, 0.25) is 0 Å². The van der Waals surface area contributed by atoms with Gasteiger partial charge in [-0.15, -0.1) is 0 Å². The van der Waals surface area contributed by atoms with E-state index in [0.717, 1.165) is 0 Å². The smallest absolute Gasteiger partial charge is 0.239 e. The number of hydrogen-bond donors (Lipinski definition) is 1. The summed E-state index contributed by atoms with van der Waals surface area (Å²) in [7, 11) is 0. The van der Waals surface area contributed by atoms with Gasteiger partial charge in [-0.25, -0.2) is 0 Å². The topological polar surface area (TPSA) is 49.4 Å². The van der Waals surface area contributed by atoms with Crippen molar-refractivity contribution < 1.29 is 9.59 Å². The maximum Gasteiger partial charge on any atom is 0.239 e. The molecule has 0 spiro atoms. The first-order valence-corrected chi connectivity index (χ1v) is 5.63. The van der Waals surface area contributed by atoms with Gasteiger partial charge in [0.05, 0.1) is 11.4 Å². The van der Waals surface area contributed by atoms with Crippen LogP contribution < -0.4 is 5.32 Å². The molecule has 1 aliphatic rings. The van der Waals surface area contributed by atoms with Crippen molar-refractivity contribution in [3.63, 3.8) is 0 Å². The second-order valence-corrected chi connectivity index (χ2v) is 4.74. The molecule has 4 nitrogen and oxygen atoms in total. The molecule has 1 unspecified atom stereocenters. The Morgan fingerprint density at radius 2 is 2.21 bits per heavy atom. The minimum Gasteiger partial charge on any atom is -0.353 e. The van der Waals surface area contributed by atoms with Gasteiger partial charge in [0.2, 0.25) is 11.8 Å². The minimum absolute atomic E-state index is 0.00912. The summed E-state index contributed by atoms with van der Waals surface area (Å²) < 4.78 is 0. The minimum atomic E-state index is -0.187. The molecule has 0 aliphatic carbocycles. The highest BCUT2D eigenvalue weighted by Crippen LogP contribution is 2.15. The molecule has 0 saturated carbocycles. The molecular weight excluding hydrogens is 248 g/mol. The van der Waals surface area contributed by atoms with E-state index < -0.39 is 0 Å². The van der Waals surface area contributed by atoms with Gasteiger partial charge < -0.3 is 10.2 Å². The maximum atomic E-state index is 11.8. The van der Waals surface area contributed by atoms with E-state index in [-0.39, 0.29) is 29.1 Å². The van der Waals surface area contributed by atoms with Crippen LogP contribution in [0.3, 0.4) is 0 Å². The van der Waals surface area contributed by atoms with Crippen molar-refractivity contribution in [2.75, 3.05) is 19.6 Å². The van der Waals surface area contributed by atoms with Crippen LogP contribution in [-0.2, 0) is 9.59 Å². The largest absolute Gasteiger partial charge is 0.353 e. The van der Waals surface area contributed by atoms with E-state index in [0.29, 0.717) is 13.1 Å². The van der Waals surface area contributed by atoms with Crippen molar-refractivity contribution in [2.45, 2.75) is 18.7 Å². The molecule has 1 heterocycles. The molecule has 1 fully saturated rings. The molecule has 1 rings (SSSR count). The lowest BCUT2D eigenvalue weighted by Crippen LogP contribution is -2.52. The van der Waals surface area contributed by atoms with Crippen LogP contribution in [0.1, 0.15) is 13.8 Å². The molecule has 0 radical (unpaired) electrons. The first-order chi connectivity index (χ1) is 6.52. The molecule has 0 bridgehead atoms. The Balaban J connectivity index is 2.55. The quantitative estimate of drug-likeness (QED) is 0.731. The number of carbonyl (C=O) groups excluding carboxylic acids is 2. The maximum absolute atomic E-state index is 11.8. The number of halogens is 1. The third-order valence-electron chi connectivity index (χ3n) is 2.17. The summed E-state index contributed by atoms with van der Waals surface area (Å²) in [5.74, 6) is 0.176. The Morgan fingerprint density at radius 1 is 1.57 bits per heavy atom. The Labute approximate surface area is 92.2 Å². The molecule has 0 aromatic rings. The highest BCUT2D eigenvalue weighted by molar-refractivity contribution is 9.10. The van der Waals surface area contributed by atoms with Gasteiger partial charge in [0.25, 0.3) is 0 Å². The number of hydrogen-bond acceptors (Lipinski definition) is 2. The number of carbonyl (C=O) groups is 2. The Morgan fingerprint density at radius 3 is 2.71 bits per heavy atom. The normalized spacial score (nSPS) is 19.4. The summed E-state index contributed by atoms with van der Waals surface area (Å²) in [5.41, 5.74) is 0. The highest BCUT2D eigenvalue weighted by atomic mass is 79.9. The molecule has 1 atom stereocenters. The number of nitrogens with zero attached hydrogens (tertiary/aromatic N) is 1. The third-order valence-corrected chi connectivity index (χ3v) is 3.62. The SMILES string of the molecule is CC(C)C(Br)C(=O)N1CCNC(=O)C1. The van der Waals surface area contributed by atoms with Gasteiger partial charge >= 0.3 is 0 Å². The fourth-order valence-corrected chi connectivity index (χ4v) is 1.58. The monoisotopic (exact) mass is 262 g/mol. The predicted octanol–water partition coefficient (Wildman–Crippen LogP) is 0.364. The summed E-state index contributed by atoms with van der Waals surface area (Å²) in [6.07, 6.45) is 0. The van der Waals surface area contributed by atoms with E-state index in [1.54, 1.807) is 4.90 Å². The lowest BCUT2D eigenvalue weighted by molar-refractivity contribution is -0.138. The lowest BCUT2D eigenvalue weighted by atomic mass is 10.1. The molecule has 0 aromatic carbocycles. The van der Waals surface area contributed by atoms with Crippen LogP contribution in [0.15, 0.2) is 0 Å². The number of nitrogens with one attached hydrogen (secondary N) is 1. The van der Waals surface area contributed by atoms with Gasteiger partial charge in [-0.2, -0.15) is 0 Å². The van der Waals surface area contributed by atoms with E-state index in [1.165, 1.54) is 0 Å². The van der Waals surface area contributed by atoms with Gasteiger partial charge in [0, 0.05) is 13.1 Å². The first kappa shape index (κ1) is 11.5. The standard InChI is InChI=1S/C9H15BrN2O2/c1-6(2)8(10)9(14)12-4-3-11-7(13)5-12/h6,8H,3-5H2,1-2H3,(H,11,13). The van der Waals surface area contributed by atoms with Crippen LogP contribution in [0.5, 0.6) is 0 Å². The predicted molar refractivity (Wildman–Crippen MR) is 57.1 cm³/mol. The van der Waals surface area contributed by atoms with Crippen LogP contribution in [-0.4, -0.2) is 41.2 Å². The zero-order valence-electron chi connectivity index (χ0n) is 8.42. The van der Waals surface area contributed by atoms with E-state index in [4.69, 9.17) is 0 Å². The number of piperazine rings is 1. The Kier molecular flexibility index (Phi) is 3.92. The average Bonchev–Trinajstić information content (AvgIpc) is 2.15. The first-order valence-electron chi connectivity index (χ1n) is 4.72. The fourth-order valence-electron chi connectivity index (χ4n) is 1.29. The molecule has 5 heteroatoms. The summed E-state index contributed by atoms with van der Waals surface area (Å²) in [6, 6.07) is 0. The summed E-state index contributed by atoms with van der Waals surface area (Å²) in [5, 5.41) is 2.69. The van der Waals surface area contributed by atoms with Crippen molar-refractivity contribution in [3.05, 3.63) is 0 Å². The molecule has 14 heavy (non-hydrogen) atoms.